The first-order valence-corrected chi connectivity index (χ1v) is 11.3. The molecular formula is C25H30N8. The number of benzene rings is 1. The summed E-state index contributed by atoms with van der Waals surface area (Å²) < 4.78 is 0. The Morgan fingerprint density at radius 3 is 2.70 bits per heavy atom. The Kier molecular flexibility index (Phi) is 7.24. The average Bonchev–Trinajstić information content (AvgIpc) is 2.83. The van der Waals surface area contributed by atoms with E-state index >= 15 is 0 Å². The molecule has 1 aromatic carbocycles. The molecule has 2 aromatic rings. The second-order valence-corrected chi connectivity index (χ2v) is 8.28. The van der Waals surface area contributed by atoms with E-state index in [2.05, 4.69) is 25.2 Å². The first kappa shape index (κ1) is 22.4. The normalized spacial score (nSPS) is 17.2. The Morgan fingerprint density at radius 1 is 1.21 bits per heavy atom. The van der Waals surface area contributed by atoms with Gasteiger partial charge in [0.2, 0.25) is 0 Å². The van der Waals surface area contributed by atoms with E-state index in [1.165, 1.54) is 0 Å². The molecule has 2 aliphatic heterocycles. The van der Waals surface area contributed by atoms with Gasteiger partial charge in [-0.2, -0.15) is 0 Å². The van der Waals surface area contributed by atoms with Crippen LogP contribution in [0.3, 0.4) is 0 Å². The Morgan fingerprint density at radius 2 is 2.00 bits per heavy atom. The van der Waals surface area contributed by atoms with Gasteiger partial charge >= 0.3 is 0 Å². The number of rotatable bonds is 7. The quantitative estimate of drug-likeness (QED) is 0.446. The van der Waals surface area contributed by atoms with Crippen LogP contribution in [0.25, 0.3) is 12.2 Å². The number of hydrogen-bond donors (Lipinski definition) is 3. The molecule has 1 saturated heterocycles. The fraction of sp³-hybridized carbons (Fsp3) is 0.320. The van der Waals surface area contributed by atoms with Crippen LogP contribution in [0, 0.1) is 11.3 Å². The van der Waals surface area contributed by atoms with Crippen molar-refractivity contribution >= 4 is 41.2 Å². The van der Waals surface area contributed by atoms with Crippen LogP contribution in [-0.4, -0.2) is 47.0 Å². The van der Waals surface area contributed by atoms with Crippen molar-refractivity contribution in [2.75, 3.05) is 24.5 Å². The molecule has 0 unspecified atom stereocenters. The smallest absolute Gasteiger partial charge is 0.160 e. The number of nitrogens with two attached hydrogens (primary N) is 1. The molecule has 1 aromatic heterocycles. The summed E-state index contributed by atoms with van der Waals surface area (Å²) in [7, 11) is 0. The second-order valence-electron chi connectivity index (χ2n) is 8.28. The van der Waals surface area contributed by atoms with Gasteiger partial charge < -0.3 is 21.4 Å². The standard InChI is InChI=1S/C25H30N8/c1-18(26)16-21(27)30-23-17-24(32-22(31-23)9-8-19-6-3-2-4-7-19)33-14-10-20(11-15-33)25-28-12-5-13-29-25/h2-9,12,17,20,26H,10-11,13-16H2,1H3,(H,28,29)(H2,27,30,31,32)/b9-8+,26-18?. The molecule has 3 heterocycles. The van der Waals surface area contributed by atoms with Crippen LogP contribution in [0.5, 0.6) is 0 Å². The van der Waals surface area contributed by atoms with E-state index in [-0.39, 0.29) is 0 Å². The van der Waals surface area contributed by atoms with Gasteiger partial charge in [-0.3, -0.25) is 4.99 Å². The topological polar surface area (TPSA) is 116 Å². The van der Waals surface area contributed by atoms with E-state index in [4.69, 9.17) is 16.1 Å². The van der Waals surface area contributed by atoms with Gasteiger partial charge in [-0.25, -0.2) is 15.0 Å². The fourth-order valence-electron chi connectivity index (χ4n) is 3.95. The van der Waals surface area contributed by atoms with E-state index in [9.17, 15) is 0 Å². The van der Waals surface area contributed by atoms with Crippen LogP contribution in [0.15, 0.2) is 58.7 Å². The predicted octanol–water partition coefficient (Wildman–Crippen LogP) is 3.80. The summed E-state index contributed by atoms with van der Waals surface area (Å²) in [5.41, 5.74) is 7.58. The van der Waals surface area contributed by atoms with Gasteiger partial charge in [0.25, 0.3) is 0 Å². The molecule has 8 heteroatoms. The minimum Gasteiger partial charge on any atom is -0.387 e. The molecule has 4 N–H and O–H groups in total. The zero-order chi connectivity index (χ0) is 23.0. The lowest BCUT2D eigenvalue weighted by molar-refractivity contribution is 0.491. The Balaban J connectivity index is 1.55. The van der Waals surface area contributed by atoms with Crippen LogP contribution < -0.4 is 16.0 Å². The van der Waals surface area contributed by atoms with Crippen LogP contribution in [0.2, 0.25) is 0 Å². The number of anilines is 1. The van der Waals surface area contributed by atoms with Crippen molar-refractivity contribution in [2.45, 2.75) is 26.2 Å². The summed E-state index contributed by atoms with van der Waals surface area (Å²) >= 11 is 0. The van der Waals surface area contributed by atoms with Gasteiger partial charge in [-0.05, 0) is 43.7 Å². The maximum absolute atomic E-state index is 7.67. The molecule has 33 heavy (non-hydrogen) atoms. The van der Waals surface area contributed by atoms with E-state index in [0.717, 1.165) is 49.7 Å². The molecule has 2 aliphatic rings. The lowest BCUT2D eigenvalue weighted by Crippen LogP contribution is -2.40. The second kappa shape index (κ2) is 10.7. The van der Waals surface area contributed by atoms with Gasteiger partial charge in [0.1, 0.15) is 17.5 Å². The summed E-state index contributed by atoms with van der Waals surface area (Å²) in [6, 6.07) is 11.9. The van der Waals surface area contributed by atoms with Crippen molar-refractivity contribution < 1.29 is 0 Å². The van der Waals surface area contributed by atoms with Gasteiger partial charge in [-0.15, -0.1) is 0 Å². The molecular weight excluding hydrogens is 412 g/mol. The van der Waals surface area contributed by atoms with Gasteiger partial charge in [0.05, 0.1) is 6.54 Å². The van der Waals surface area contributed by atoms with Crippen molar-refractivity contribution in [3.63, 3.8) is 0 Å². The van der Waals surface area contributed by atoms with Crippen LogP contribution in [-0.2, 0) is 0 Å². The zero-order valence-electron chi connectivity index (χ0n) is 18.9. The number of hydrogen-bond acceptors (Lipinski definition) is 7. The number of nitrogens with zero attached hydrogens (tertiary/aromatic N) is 5. The van der Waals surface area contributed by atoms with E-state index < -0.39 is 0 Å². The van der Waals surface area contributed by atoms with Gasteiger partial charge in [0.15, 0.2) is 11.6 Å². The Bertz CT molecular complexity index is 1090. The summed E-state index contributed by atoms with van der Waals surface area (Å²) in [6.07, 6.45) is 10.2. The SMILES string of the molecule is CC(=N)CC(N)=Nc1cc(N2CCC(C3=NCC=CN3)CC2)nc(/C=C/c2ccccc2)n1. The first-order valence-electron chi connectivity index (χ1n) is 11.3. The number of nitrogens with one attached hydrogen (secondary N) is 2. The minimum absolute atomic E-state index is 0.323. The maximum atomic E-state index is 7.67. The molecule has 170 valence electrons. The minimum atomic E-state index is 0.323. The van der Waals surface area contributed by atoms with Crippen molar-refractivity contribution in [1.29, 1.82) is 5.41 Å². The van der Waals surface area contributed by atoms with E-state index in [1.54, 1.807) is 6.92 Å². The highest BCUT2D eigenvalue weighted by atomic mass is 15.2. The van der Waals surface area contributed by atoms with E-state index in [1.807, 2.05) is 60.8 Å². The van der Waals surface area contributed by atoms with Gasteiger partial charge in [-0.1, -0.05) is 36.4 Å². The highest BCUT2D eigenvalue weighted by Gasteiger charge is 2.25. The van der Waals surface area contributed by atoms with Crippen molar-refractivity contribution in [3.05, 3.63) is 60.1 Å². The molecule has 8 nitrogen and oxygen atoms in total. The first-order chi connectivity index (χ1) is 16.1. The summed E-state index contributed by atoms with van der Waals surface area (Å²) in [5.74, 6) is 3.84. The lowest BCUT2D eigenvalue weighted by atomic mass is 9.95. The summed E-state index contributed by atoms with van der Waals surface area (Å²) in [5, 5.41) is 11.0. The number of piperidine rings is 1. The lowest BCUT2D eigenvalue weighted by Gasteiger charge is -2.33. The molecule has 0 bridgehead atoms. The molecule has 0 amide bonds. The molecule has 0 radical (unpaired) electrons. The maximum Gasteiger partial charge on any atom is 0.160 e. The Labute approximate surface area is 194 Å². The number of aromatic nitrogens is 2. The number of amidine groups is 2. The average molecular weight is 443 g/mol. The number of aliphatic imine (C=N–C) groups is 2. The van der Waals surface area contributed by atoms with Gasteiger partial charge in [0, 0.05) is 37.2 Å². The third kappa shape index (κ3) is 6.35. The van der Waals surface area contributed by atoms with Crippen molar-refractivity contribution in [1.82, 2.24) is 15.3 Å². The monoisotopic (exact) mass is 442 g/mol. The summed E-state index contributed by atoms with van der Waals surface area (Å²) in [6.45, 7) is 4.23. The van der Waals surface area contributed by atoms with Crippen LogP contribution in [0.4, 0.5) is 11.6 Å². The van der Waals surface area contributed by atoms with Crippen molar-refractivity contribution in [3.8, 4) is 0 Å². The molecule has 0 atom stereocenters. The molecule has 1 fully saturated rings. The largest absolute Gasteiger partial charge is 0.387 e. The molecule has 0 saturated carbocycles. The van der Waals surface area contributed by atoms with Crippen LogP contribution in [0.1, 0.15) is 37.6 Å². The Hall–Kier alpha value is -3.81. The van der Waals surface area contributed by atoms with E-state index in [0.29, 0.717) is 35.5 Å². The fourth-order valence-corrected chi connectivity index (χ4v) is 3.95. The van der Waals surface area contributed by atoms with Crippen LogP contribution >= 0.6 is 0 Å². The molecule has 0 spiro atoms. The highest BCUT2D eigenvalue weighted by Crippen LogP contribution is 2.26. The third-order valence-corrected chi connectivity index (χ3v) is 5.57. The molecule has 0 aliphatic carbocycles. The third-order valence-electron chi connectivity index (χ3n) is 5.57. The molecule has 4 rings (SSSR count). The zero-order valence-corrected chi connectivity index (χ0v) is 18.9. The van der Waals surface area contributed by atoms with Crippen molar-refractivity contribution in [2.24, 2.45) is 21.6 Å². The summed E-state index contributed by atoms with van der Waals surface area (Å²) in [4.78, 5) is 20.7. The highest BCUT2D eigenvalue weighted by molar-refractivity contribution is 6.01. The predicted molar refractivity (Wildman–Crippen MR) is 136 cm³/mol.